The Bertz CT molecular complexity index is 1180. The van der Waals surface area contributed by atoms with Crippen LogP contribution in [0.5, 0.6) is 0 Å². The Hall–Kier alpha value is -4.15. The summed E-state index contributed by atoms with van der Waals surface area (Å²) in [6.45, 7) is 0. The Morgan fingerprint density at radius 2 is 1.91 bits per heavy atom. The fraction of sp³-hybridized carbons (Fsp3) is 0.0833. The van der Waals surface area contributed by atoms with Crippen molar-refractivity contribution < 1.29 is 9.59 Å². The molecule has 3 aromatic rings. The zero-order valence-electron chi connectivity index (χ0n) is 17.5. The third kappa shape index (κ3) is 5.50. The smallest absolute Gasteiger partial charge is 0.259 e. The number of aromatic nitrogens is 1. The molecule has 0 aliphatic heterocycles. The SMILES string of the molecule is C#Cc1ccc(NC(=O)c2cc(Cl)ccc2N(C=O)c2ccc(C=NN(C)C)cc2)nc1. The molecule has 7 nitrogen and oxygen atoms in total. The summed E-state index contributed by atoms with van der Waals surface area (Å²) in [5.41, 5.74) is 2.62. The van der Waals surface area contributed by atoms with E-state index in [1.54, 1.807) is 47.6 Å². The maximum atomic E-state index is 13.0. The number of hydrogen-bond donors (Lipinski definition) is 1. The molecule has 0 bridgehead atoms. The largest absolute Gasteiger partial charge is 0.306 e. The standard InChI is InChI=1S/C24H20ClN5O2/c1-4-17-7-12-23(26-14-17)28-24(32)21-13-19(25)8-11-22(21)30(16-31)20-9-5-18(6-10-20)15-27-29(2)3/h1,5-16H,2-3H3,(H,26,28,32). The van der Waals surface area contributed by atoms with Crippen molar-refractivity contribution in [1.29, 1.82) is 0 Å². The Morgan fingerprint density at radius 1 is 1.16 bits per heavy atom. The average Bonchev–Trinajstić information content (AvgIpc) is 2.80. The predicted octanol–water partition coefficient (Wildman–Crippen LogP) is 4.16. The van der Waals surface area contributed by atoms with Crippen LogP contribution in [0.15, 0.2) is 65.9 Å². The van der Waals surface area contributed by atoms with E-state index < -0.39 is 5.91 Å². The van der Waals surface area contributed by atoms with Crippen LogP contribution < -0.4 is 10.2 Å². The minimum atomic E-state index is -0.468. The number of hydrazone groups is 1. The maximum Gasteiger partial charge on any atom is 0.259 e. The quantitative estimate of drug-likeness (QED) is 0.256. The van der Waals surface area contributed by atoms with Gasteiger partial charge in [-0.1, -0.05) is 29.7 Å². The number of rotatable bonds is 7. The third-order valence-electron chi connectivity index (χ3n) is 4.35. The first-order valence-corrected chi connectivity index (χ1v) is 9.88. The van der Waals surface area contributed by atoms with Crippen LogP contribution in [-0.2, 0) is 4.79 Å². The minimum absolute atomic E-state index is 0.214. The van der Waals surface area contributed by atoms with Crippen LogP contribution in [0.1, 0.15) is 21.5 Å². The molecule has 2 amide bonds. The molecule has 32 heavy (non-hydrogen) atoms. The van der Waals surface area contributed by atoms with Gasteiger partial charge in [0.1, 0.15) is 5.82 Å². The molecular weight excluding hydrogens is 426 g/mol. The highest BCUT2D eigenvalue weighted by atomic mass is 35.5. The summed E-state index contributed by atoms with van der Waals surface area (Å²) in [6.07, 6.45) is 9.16. The molecule has 0 radical (unpaired) electrons. The van der Waals surface area contributed by atoms with Crippen molar-refractivity contribution in [3.63, 3.8) is 0 Å². The number of anilines is 3. The van der Waals surface area contributed by atoms with Crippen LogP contribution in [-0.4, -0.2) is 42.6 Å². The Morgan fingerprint density at radius 3 is 2.50 bits per heavy atom. The number of halogens is 1. The van der Waals surface area contributed by atoms with Gasteiger partial charge in [0.15, 0.2) is 0 Å². The molecule has 2 aromatic carbocycles. The van der Waals surface area contributed by atoms with Crippen molar-refractivity contribution in [2.75, 3.05) is 24.3 Å². The van der Waals surface area contributed by atoms with E-state index in [1.165, 1.54) is 17.2 Å². The molecule has 1 heterocycles. The van der Waals surface area contributed by atoms with Gasteiger partial charge in [0.05, 0.1) is 17.5 Å². The van der Waals surface area contributed by atoms with Crippen LogP contribution in [0.2, 0.25) is 5.02 Å². The van der Waals surface area contributed by atoms with Gasteiger partial charge in [0, 0.05) is 36.6 Å². The Balaban J connectivity index is 1.91. The number of pyridine rings is 1. The van der Waals surface area contributed by atoms with Crippen LogP contribution in [0.4, 0.5) is 17.2 Å². The lowest BCUT2D eigenvalue weighted by molar-refractivity contribution is -0.106. The molecule has 0 unspecified atom stereocenters. The lowest BCUT2D eigenvalue weighted by Crippen LogP contribution is -2.21. The number of nitrogens with one attached hydrogen (secondary N) is 1. The van der Waals surface area contributed by atoms with E-state index >= 15 is 0 Å². The monoisotopic (exact) mass is 445 g/mol. The summed E-state index contributed by atoms with van der Waals surface area (Å²) in [5, 5.41) is 8.93. The van der Waals surface area contributed by atoms with Crippen LogP contribution in [0.25, 0.3) is 0 Å². The van der Waals surface area contributed by atoms with Gasteiger partial charge in [-0.2, -0.15) is 5.10 Å². The summed E-state index contributed by atoms with van der Waals surface area (Å²) in [7, 11) is 3.65. The van der Waals surface area contributed by atoms with E-state index in [9.17, 15) is 9.59 Å². The summed E-state index contributed by atoms with van der Waals surface area (Å²) in [4.78, 5) is 30.5. The van der Waals surface area contributed by atoms with E-state index in [4.69, 9.17) is 18.0 Å². The molecule has 0 saturated carbocycles. The van der Waals surface area contributed by atoms with E-state index in [-0.39, 0.29) is 5.56 Å². The second-order valence-electron chi connectivity index (χ2n) is 6.85. The van der Waals surface area contributed by atoms with Gasteiger partial charge in [0.25, 0.3) is 5.91 Å². The van der Waals surface area contributed by atoms with Crippen molar-refractivity contribution in [2.24, 2.45) is 5.10 Å². The molecule has 1 aromatic heterocycles. The van der Waals surface area contributed by atoms with Crippen LogP contribution in [0.3, 0.4) is 0 Å². The normalized spacial score (nSPS) is 10.4. The van der Waals surface area contributed by atoms with Crippen LogP contribution >= 0.6 is 11.6 Å². The summed E-state index contributed by atoms with van der Waals surface area (Å²) in [5.74, 6) is 2.32. The number of carbonyl (C=O) groups is 2. The summed E-state index contributed by atoms with van der Waals surface area (Å²) in [6, 6.07) is 15.2. The van der Waals surface area contributed by atoms with E-state index in [1.807, 2.05) is 26.2 Å². The first-order chi connectivity index (χ1) is 15.4. The topological polar surface area (TPSA) is 77.9 Å². The Kier molecular flexibility index (Phi) is 7.21. The van der Waals surface area contributed by atoms with Gasteiger partial charge in [-0.15, -0.1) is 6.42 Å². The zero-order chi connectivity index (χ0) is 23.1. The van der Waals surface area contributed by atoms with Gasteiger partial charge in [0.2, 0.25) is 6.41 Å². The minimum Gasteiger partial charge on any atom is -0.306 e. The van der Waals surface area contributed by atoms with Crippen LogP contribution in [0, 0.1) is 12.3 Å². The van der Waals surface area contributed by atoms with Crippen molar-refractivity contribution in [2.45, 2.75) is 0 Å². The molecule has 0 atom stereocenters. The van der Waals surface area contributed by atoms with Crippen molar-refractivity contribution in [1.82, 2.24) is 9.99 Å². The first kappa shape index (κ1) is 22.5. The predicted molar refractivity (Wildman–Crippen MR) is 128 cm³/mol. The van der Waals surface area contributed by atoms with Gasteiger partial charge in [-0.25, -0.2) is 4.98 Å². The first-order valence-electron chi connectivity index (χ1n) is 9.50. The molecule has 0 saturated heterocycles. The van der Waals surface area contributed by atoms with E-state index in [0.717, 1.165) is 5.56 Å². The average molecular weight is 446 g/mol. The molecule has 0 aliphatic rings. The fourth-order valence-corrected chi connectivity index (χ4v) is 2.97. The number of benzene rings is 2. The number of hydrogen-bond acceptors (Lipinski definition) is 5. The van der Waals surface area contributed by atoms with Gasteiger partial charge in [-0.3, -0.25) is 14.5 Å². The molecule has 0 aliphatic carbocycles. The lowest BCUT2D eigenvalue weighted by atomic mass is 10.1. The van der Waals surface area contributed by atoms with Gasteiger partial charge >= 0.3 is 0 Å². The lowest BCUT2D eigenvalue weighted by Gasteiger charge is -2.21. The molecule has 8 heteroatoms. The van der Waals surface area contributed by atoms with E-state index in [0.29, 0.717) is 34.2 Å². The molecule has 0 fully saturated rings. The maximum absolute atomic E-state index is 13.0. The summed E-state index contributed by atoms with van der Waals surface area (Å²) >= 11 is 6.14. The second-order valence-corrected chi connectivity index (χ2v) is 7.29. The highest BCUT2D eigenvalue weighted by Gasteiger charge is 2.19. The van der Waals surface area contributed by atoms with Gasteiger partial charge < -0.3 is 10.3 Å². The van der Waals surface area contributed by atoms with Gasteiger partial charge in [-0.05, 0) is 48.0 Å². The number of carbonyl (C=O) groups excluding carboxylic acids is 2. The Labute approximate surface area is 191 Å². The van der Waals surface area contributed by atoms with E-state index in [2.05, 4.69) is 21.3 Å². The molecule has 160 valence electrons. The molecular formula is C24H20ClN5O2. The third-order valence-corrected chi connectivity index (χ3v) is 4.58. The highest BCUT2D eigenvalue weighted by Crippen LogP contribution is 2.30. The summed E-state index contributed by atoms with van der Waals surface area (Å²) < 4.78 is 0. The molecule has 3 rings (SSSR count). The second kappa shape index (κ2) is 10.2. The van der Waals surface area contributed by atoms with Crippen molar-refractivity contribution in [3.05, 3.63) is 82.5 Å². The fourth-order valence-electron chi connectivity index (χ4n) is 2.80. The highest BCUT2D eigenvalue weighted by molar-refractivity contribution is 6.31. The molecule has 0 spiro atoms. The molecule has 1 N–H and O–H groups in total. The zero-order valence-corrected chi connectivity index (χ0v) is 18.2. The number of terminal acetylenes is 1. The number of nitrogens with zero attached hydrogens (tertiary/aromatic N) is 4. The van der Waals surface area contributed by atoms with Crippen molar-refractivity contribution in [3.8, 4) is 12.3 Å². The van der Waals surface area contributed by atoms with Crippen molar-refractivity contribution >= 4 is 47.3 Å². The number of amides is 2.